The molecule has 3 heterocycles. The third-order valence-electron chi connectivity index (χ3n) is 6.67. The number of piperidine rings is 1. The number of benzene rings is 2. The van der Waals surface area contributed by atoms with Crippen LogP contribution in [0.2, 0.25) is 0 Å². The molecule has 7 nitrogen and oxygen atoms in total. The molecule has 1 aromatic heterocycles. The van der Waals surface area contributed by atoms with Crippen LogP contribution in [0.15, 0.2) is 53.4 Å². The molecule has 0 saturated carbocycles. The molecule has 1 fully saturated rings. The van der Waals surface area contributed by atoms with Gasteiger partial charge < -0.3 is 5.32 Å². The van der Waals surface area contributed by atoms with Crippen LogP contribution in [0, 0.1) is 5.92 Å². The number of carbonyl (C=O) groups excluding carboxylic acids is 1. The van der Waals surface area contributed by atoms with Gasteiger partial charge in [-0.2, -0.15) is 5.10 Å². The maximum atomic E-state index is 13.1. The summed E-state index contributed by atoms with van der Waals surface area (Å²) < 4.78 is 27.2. The van der Waals surface area contributed by atoms with Crippen molar-refractivity contribution in [2.45, 2.75) is 37.0 Å². The lowest BCUT2D eigenvalue weighted by Crippen LogP contribution is -2.32. The van der Waals surface area contributed by atoms with Crippen LogP contribution in [0.25, 0.3) is 11.3 Å². The summed E-state index contributed by atoms with van der Waals surface area (Å²) in [5.74, 6) is 0.169. The summed E-state index contributed by atoms with van der Waals surface area (Å²) in [7, 11) is -1.80. The first-order valence-electron chi connectivity index (χ1n) is 11.3. The monoisotopic (exact) mass is 464 g/mol. The standard InChI is InChI=1S/C25H28N4O3S/c1-17-11-13-29(14-12-17)15-18-7-9-19(10-8-18)26-25(30)23-21-16-33(31,32)22-6-4-3-5-20(22)24(21)28(2)27-23/h3-10,17H,11-16H2,1-2H3,(H,26,30). The van der Waals surface area contributed by atoms with Gasteiger partial charge >= 0.3 is 0 Å². The molecule has 8 heteroatoms. The number of hydrogen-bond donors (Lipinski definition) is 1. The SMILES string of the molecule is CC1CCN(Cc2ccc(NC(=O)c3nn(C)c4c3CS(=O)(=O)c3ccccc3-4)cc2)CC1. The molecule has 0 aliphatic carbocycles. The molecule has 1 saturated heterocycles. The van der Waals surface area contributed by atoms with Crippen molar-refractivity contribution in [1.29, 1.82) is 0 Å². The predicted molar refractivity (Wildman–Crippen MR) is 128 cm³/mol. The van der Waals surface area contributed by atoms with Crippen molar-refractivity contribution in [2.24, 2.45) is 13.0 Å². The number of aryl methyl sites for hydroxylation is 1. The minimum absolute atomic E-state index is 0.150. The number of aromatic nitrogens is 2. The van der Waals surface area contributed by atoms with E-state index in [1.165, 1.54) is 18.4 Å². The predicted octanol–water partition coefficient (Wildman–Crippen LogP) is 3.86. The van der Waals surface area contributed by atoms with Crippen LogP contribution >= 0.6 is 0 Å². The van der Waals surface area contributed by atoms with E-state index in [1.807, 2.05) is 24.3 Å². The normalized spacial score (nSPS) is 17.9. The first-order chi connectivity index (χ1) is 15.8. The molecular weight excluding hydrogens is 436 g/mol. The van der Waals surface area contributed by atoms with Crippen LogP contribution < -0.4 is 5.32 Å². The fourth-order valence-electron chi connectivity index (χ4n) is 4.79. The van der Waals surface area contributed by atoms with E-state index in [0.717, 1.165) is 25.6 Å². The Bertz CT molecular complexity index is 1300. The molecule has 0 atom stereocenters. The summed E-state index contributed by atoms with van der Waals surface area (Å²) in [5, 5.41) is 7.27. The topological polar surface area (TPSA) is 84.3 Å². The van der Waals surface area contributed by atoms with Crippen LogP contribution in [-0.4, -0.2) is 42.1 Å². The Morgan fingerprint density at radius 2 is 1.79 bits per heavy atom. The van der Waals surface area contributed by atoms with E-state index < -0.39 is 15.7 Å². The van der Waals surface area contributed by atoms with Gasteiger partial charge in [0.25, 0.3) is 5.91 Å². The second kappa shape index (κ2) is 8.43. The van der Waals surface area contributed by atoms with Crippen molar-refractivity contribution < 1.29 is 13.2 Å². The molecule has 2 aromatic carbocycles. The lowest BCUT2D eigenvalue weighted by molar-refractivity contribution is 0.102. The molecule has 5 rings (SSSR count). The van der Waals surface area contributed by atoms with Gasteiger partial charge in [0.05, 0.1) is 16.3 Å². The van der Waals surface area contributed by atoms with Gasteiger partial charge in [0.2, 0.25) is 0 Å². The van der Waals surface area contributed by atoms with Gasteiger partial charge in [0, 0.05) is 30.4 Å². The van der Waals surface area contributed by atoms with E-state index >= 15 is 0 Å². The zero-order valence-corrected chi connectivity index (χ0v) is 19.7. The zero-order chi connectivity index (χ0) is 23.2. The molecule has 1 amide bonds. The van der Waals surface area contributed by atoms with E-state index in [9.17, 15) is 13.2 Å². The van der Waals surface area contributed by atoms with Crippen molar-refractivity contribution in [3.63, 3.8) is 0 Å². The first kappa shape index (κ1) is 21.9. The van der Waals surface area contributed by atoms with Crippen LogP contribution in [0.1, 0.15) is 41.4 Å². The molecule has 172 valence electrons. The van der Waals surface area contributed by atoms with Crippen LogP contribution in [0.5, 0.6) is 0 Å². The number of anilines is 1. The molecule has 0 radical (unpaired) electrons. The smallest absolute Gasteiger partial charge is 0.276 e. The van der Waals surface area contributed by atoms with Gasteiger partial charge in [-0.25, -0.2) is 8.42 Å². The zero-order valence-electron chi connectivity index (χ0n) is 18.9. The summed E-state index contributed by atoms with van der Waals surface area (Å²) in [4.78, 5) is 15.8. The quantitative estimate of drug-likeness (QED) is 0.634. The highest BCUT2D eigenvalue weighted by Gasteiger charge is 2.34. The van der Waals surface area contributed by atoms with Gasteiger partial charge in [-0.15, -0.1) is 0 Å². The number of nitrogens with zero attached hydrogens (tertiary/aromatic N) is 3. The lowest BCUT2D eigenvalue weighted by atomic mass is 9.99. The highest BCUT2D eigenvalue weighted by Crippen LogP contribution is 2.39. The van der Waals surface area contributed by atoms with Gasteiger partial charge in [0.1, 0.15) is 0 Å². The molecule has 0 spiro atoms. The molecule has 0 unspecified atom stereocenters. The number of fused-ring (bicyclic) bond motifs is 3. The number of carbonyl (C=O) groups is 1. The number of sulfone groups is 1. The van der Waals surface area contributed by atoms with Crippen LogP contribution in [0.3, 0.4) is 0 Å². The minimum Gasteiger partial charge on any atom is -0.321 e. The van der Waals surface area contributed by atoms with Gasteiger partial charge in [-0.3, -0.25) is 14.4 Å². The first-order valence-corrected chi connectivity index (χ1v) is 13.0. The highest BCUT2D eigenvalue weighted by molar-refractivity contribution is 7.90. The summed E-state index contributed by atoms with van der Waals surface area (Å²) in [6.07, 6.45) is 2.48. The van der Waals surface area contributed by atoms with Crippen molar-refractivity contribution in [1.82, 2.24) is 14.7 Å². The van der Waals surface area contributed by atoms with Crippen molar-refractivity contribution >= 4 is 21.4 Å². The summed E-state index contributed by atoms with van der Waals surface area (Å²) in [5.41, 5.74) is 3.73. The Kier molecular flexibility index (Phi) is 5.58. The Balaban J connectivity index is 1.35. The number of nitrogens with one attached hydrogen (secondary N) is 1. The third kappa shape index (κ3) is 4.20. The number of amides is 1. The van der Waals surface area contributed by atoms with E-state index in [-0.39, 0.29) is 16.3 Å². The van der Waals surface area contributed by atoms with Crippen molar-refractivity contribution in [2.75, 3.05) is 18.4 Å². The van der Waals surface area contributed by atoms with Crippen LogP contribution in [0.4, 0.5) is 5.69 Å². The van der Waals surface area contributed by atoms with Crippen molar-refractivity contribution in [3.05, 3.63) is 65.4 Å². The molecule has 1 N–H and O–H groups in total. The largest absolute Gasteiger partial charge is 0.321 e. The molecule has 3 aromatic rings. The third-order valence-corrected chi connectivity index (χ3v) is 8.36. The van der Waals surface area contributed by atoms with Crippen molar-refractivity contribution in [3.8, 4) is 11.3 Å². The molecule has 2 aliphatic rings. The second-order valence-corrected chi connectivity index (χ2v) is 11.1. The Morgan fingerprint density at radius 3 is 2.52 bits per heavy atom. The number of likely N-dealkylation sites (tertiary alicyclic amines) is 1. The average Bonchev–Trinajstić information content (AvgIpc) is 3.12. The lowest BCUT2D eigenvalue weighted by Gasteiger charge is -2.30. The van der Waals surface area contributed by atoms with Gasteiger partial charge in [-0.05, 0) is 55.6 Å². The molecule has 0 bridgehead atoms. The number of hydrogen-bond acceptors (Lipinski definition) is 5. The van der Waals surface area contributed by atoms with E-state index in [0.29, 0.717) is 22.5 Å². The molecule has 33 heavy (non-hydrogen) atoms. The summed E-state index contributed by atoms with van der Waals surface area (Å²) >= 11 is 0. The van der Waals surface area contributed by atoms with Gasteiger partial charge in [0.15, 0.2) is 15.5 Å². The maximum Gasteiger partial charge on any atom is 0.276 e. The molecule has 2 aliphatic heterocycles. The van der Waals surface area contributed by atoms with E-state index in [2.05, 4.69) is 22.2 Å². The Morgan fingerprint density at radius 1 is 1.09 bits per heavy atom. The van der Waals surface area contributed by atoms with E-state index in [4.69, 9.17) is 0 Å². The number of rotatable bonds is 4. The van der Waals surface area contributed by atoms with E-state index in [1.54, 1.807) is 36.0 Å². The maximum absolute atomic E-state index is 13.1. The molecular formula is C25H28N4O3S. The average molecular weight is 465 g/mol. The minimum atomic E-state index is -3.53. The fraction of sp³-hybridized carbons (Fsp3) is 0.360. The summed E-state index contributed by atoms with van der Waals surface area (Å²) in [6.45, 7) is 5.46. The van der Waals surface area contributed by atoms with Gasteiger partial charge in [-0.1, -0.05) is 37.3 Å². The Hall–Kier alpha value is -2.97. The summed E-state index contributed by atoms with van der Waals surface area (Å²) in [6, 6.07) is 14.7. The Labute approximate surface area is 194 Å². The van der Waals surface area contributed by atoms with Crippen LogP contribution in [-0.2, 0) is 29.2 Å². The highest BCUT2D eigenvalue weighted by atomic mass is 32.2. The fourth-order valence-corrected chi connectivity index (χ4v) is 6.38. The second-order valence-electron chi connectivity index (χ2n) is 9.16.